The van der Waals surface area contributed by atoms with Gasteiger partial charge in [0, 0.05) is 43.0 Å². The van der Waals surface area contributed by atoms with Crippen LogP contribution in [-0.2, 0) is 0 Å². The Morgan fingerprint density at radius 2 is 1.72 bits per heavy atom. The molecule has 2 saturated heterocycles. The van der Waals surface area contributed by atoms with E-state index in [9.17, 15) is 14.4 Å². The molecule has 3 aromatic heterocycles. The van der Waals surface area contributed by atoms with Gasteiger partial charge in [-0.25, -0.2) is 9.97 Å². The summed E-state index contributed by atoms with van der Waals surface area (Å²) in [6.07, 6.45) is 10.6. The fraction of sp³-hybridized carbons (Fsp3) is 0.517. The fourth-order valence-corrected chi connectivity index (χ4v) is 6.53. The Hall–Kier alpha value is -3.66. The molecule has 39 heavy (non-hydrogen) atoms. The van der Waals surface area contributed by atoms with E-state index in [1.54, 1.807) is 36.0 Å². The first-order chi connectivity index (χ1) is 18.9. The van der Waals surface area contributed by atoms with Crippen molar-refractivity contribution in [2.45, 2.75) is 70.9 Å². The Labute approximate surface area is 227 Å². The molecule has 10 nitrogen and oxygen atoms in total. The highest BCUT2D eigenvalue weighted by atomic mass is 16.2. The van der Waals surface area contributed by atoms with Gasteiger partial charge in [-0.05, 0) is 76.7 Å². The van der Waals surface area contributed by atoms with Crippen LogP contribution in [0.2, 0.25) is 0 Å². The van der Waals surface area contributed by atoms with Crippen LogP contribution in [0, 0.1) is 6.92 Å². The first-order valence-corrected chi connectivity index (χ1v) is 14.1. The smallest absolute Gasteiger partial charge is 0.263 e. The standard InChI is InChI=1S/C29H35N7O3/c1-18-23-16-31-29(33-26(23)36(21-7-3-4-8-21)28(39)25(18)19(2)37)32-24-10-9-20(15-30-24)27(38)35-14-11-22(17-35)34-12-5-6-13-34/h9-10,15-16,21-22H,3-8,11-14,17H2,1-2H3,(H,30,31,32,33)/t22-/m1/s1. The van der Waals surface area contributed by atoms with Crippen molar-refractivity contribution >= 4 is 34.5 Å². The van der Waals surface area contributed by atoms with E-state index >= 15 is 0 Å². The van der Waals surface area contributed by atoms with Crippen molar-refractivity contribution in [3.05, 3.63) is 51.6 Å². The number of hydrogen-bond donors (Lipinski definition) is 1. The summed E-state index contributed by atoms with van der Waals surface area (Å²) in [7, 11) is 0. The Morgan fingerprint density at radius 3 is 2.41 bits per heavy atom. The second-order valence-corrected chi connectivity index (χ2v) is 11.1. The van der Waals surface area contributed by atoms with Gasteiger partial charge >= 0.3 is 0 Å². The number of amides is 1. The molecule has 1 atom stereocenters. The normalized spacial score (nSPS) is 20.3. The van der Waals surface area contributed by atoms with Gasteiger partial charge in [0.05, 0.1) is 11.1 Å². The van der Waals surface area contributed by atoms with Gasteiger partial charge in [-0.3, -0.25) is 23.9 Å². The Balaban J connectivity index is 1.23. The van der Waals surface area contributed by atoms with Crippen LogP contribution < -0.4 is 10.9 Å². The van der Waals surface area contributed by atoms with E-state index in [4.69, 9.17) is 4.98 Å². The highest BCUT2D eigenvalue weighted by Gasteiger charge is 2.32. The van der Waals surface area contributed by atoms with E-state index in [2.05, 4.69) is 20.2 Å². The van der Waals surface area contributed by atoms with E-state index in [1.807, 2.05) is 4.90 Å². The number of carbonyl (C=O) groups excluding carboxylic acids is 2. The van der Waals surface area contributed by atoms with Crippen molar-refractivity contribution in [1.29, 1.82) is 0 Å². The maximum atomic E-state index is 13.4. The summed E-state index contributed by atoms with van der Waals surface area (Å²) >= 11 is 0. The zero-order valence-electron chi connectivity index (χ0n) is 22.7. The number of likely N-dealkylation sites (tertiary alicyclic amines) is 2. The lowest BCUT2D eigenvalue weighted by molar-refractivity contribution is 0.0779. The van der Waals surface area contributed by atoms with Crippen molar-refractivity contribution < 1.29 is 9.59 Å². The first kappa shape index (κ1) is 25.6. The summed E-state index contributed by atoms with van der Waals surface area (Å²) in [4.78, 5) is 56.9. The molecule has 1 N–H and O–H groups in total. The monoisotopic (exact) mass is 529 g/mol. The minimum absolute atomic E-state index is 0.00929. The largest absolute Gasteiger partial charge is 0.337 e. The Kier molecular flexibility index (Phi) is 6.88. The van der Waals surface area contributed by atoms with E-state index in [1.165, 1.54) is 19.8 Å². The molecule has 2 aliphatic heterocycles. The second-order valence-electron chi connectivity index (χ2n) is 11.1. The van der Waals surface area contributed by atoms with Crippen molar-refractivity contribution in [1.82, 2.24) is 29.3 Å². The maximum Gasteiger partial charge on any atom is 0.263 e. The molecule has 0 radical (unpaired) electrons. The van der Waals surface area contributed by atoms with E-state index in [0.717, 1.165) is 58.3 Å². The molecule has 3 fully saturated rings. The summed E-state index contributed by atoms with van der Waals surface area (Å²) in [6, 6.07) is 4.01. The summed E-state index contributed by atoms with van der Waals surface area (Å²) in [5, 5.41) is 3.82. The number of hydrogen-bond acceptors (Lipinski definition) is 8. The molecule has 0 aromatic carbocycles. The molecule has 0 spiro atoms. The lowest BCUT2D eigenvalue weighted by Gasteiger charge is -2.23. The topological polar surface area (TPSA) is 113 Å². The van der Waals surface area contributed by atoms with Crippen LogP contribution >= 0.6 is 0 Å². The molecule has 204 valence electrons. The number of ketones is 1. The zero-order valence-corrected chi connectivity index (χ0v) is 22.7. The number of nitrogens with one attached hydrogen (secondary N) is 1. The van der Waals surface area contributed by atoms with Gasteiger partial charge in [0.25, 0.3) is 11.5 Å². The van der Waals surface area contributed by atoms with E-state index < -0.39 is 0 Å². The number of carbonyl (C=O) groups is 2. The van der Waals surface area contributed by atoms with Gasteiger partial charge in [0.2, 0.25) is 5.95 Å². The molecular formula is C29H35N7O3. The molecule has 5 heterocycles. The molecule has 3 aliphatic rings. The average molecular weight is 530 g/mol. The molecule has 0 unspecified atom stereocenters. The Bertz CT molecular complexity index is 1470. The van der Waals surface area contributed by atoms with Crippen LogP contribution in [0.25, 0.3) is 11.0 Å². The minimum Gasteiger partial charge on any atom is -0.337 e. The number of pyridine rings is 2. The van der Waals surface area contributed by atoms with Crippen molar-refractivity contribution in [2.75, 3.05) is 31.5 Å². The number of aryl methyl sites for hydroxylation is 1. The highest BCUT2D eigenvalue weighted by molar-refractivity contribution is 5.99. The summed E-state index contributed by atoms with van der Waals surface area (Å²) in [5.41, 5.74) is 1.63. The molecule has 6 rings (SSSR count). The van der Waals surface area contributed by atoms with Crippen LogP contribution in [-0.4, -0.2) is 73.2 Å². The summed E-state index contributed by atoms with van der Waals surface area (Å²) in [6.45, 7) is 7.04. The molecule has 10 heteroatoms. The predicted octanol–water partition coefficient (Wildman–Crippen LogP) is 3.87. The van der Waals surface area contributed by atoms with Gasteiger partial charge in [-0.1, -0.05) is 12.8 Å². The van der Waals surface area contributed by atoms with Gasteiger partial charge in [-0.2, -0.15) is 4.98 Å². The summed E-state index contributed by atoms with van der Waals surface area (Å²) < 4.78 is 1.69. The van der Waals surface area contributed by atoms with Crippen LogP contribution in [0.15, 0.2) is 29.3 Å². The van der Waals surface area contributed by atoms with Gasteiger partial charge < -0.3 is 10.2 Å². The third kappa shape index (κ3) is 4.82. The quantitative estimate of drug-likeness (QED) is 0.479. The van der Waals surface area contributed by atoms with Crippen molar-refractivity contribution in [3.8, 4) is 0 Å². The number of Topliss-reactive ketones (excluding diaryl/α,β-unsaturated/α-hetero) is 1. The number of nitrogens with zero attached hydrogens (tertiary/aromatic N) is 6. The van der Waals surface area contributed by atoms with E-state index in [-0.39, 0.29) is 28.9 Å². The number of rotatable bonds is 6. The van der Waals surface area contributed by atoms with E-state index in [0.29, 0.717) is 40.0 Å². The van der Waals surface area contributed by atoms with Gasteiger partial charge in [-0.15, -0.1) is 0 Å². The number of aromatic nitrogens is 4. The third-order valence-electron chi connectivity index (χ3n) is 8.61. The molecule has 3 aromatic rings. The molecule has 1 saturated carbocycles. The van der Waals surface area contributed by atoms with Gasteiger partial charge in [0.1, 0.15) is 11.5 Å². The van der Waals surface area contributed by atoms with Crippen molar-refractivity contribution in [2.24, 2.45) is 0 Å². The maximum absolute atomic E-state index is 13.4. The number of anilines is 2. The minimum atomic E-state index is -0.279. The lowest BCUT2D eigenvalue weighted by atomic mass is 10.0. The molecular weight excluding hydrogens is 494 g/mol. The predicted molar refractivity (Wildman–Crippen MR) is 149 cm³/mol. The third-order valence-corrected chi connectivity index (χ3v) is 8.61. The fourth-order valence-electron chi connectivity index (χ4n) is 6.53. The zero-order chi connectivity index (χ0) is 27.1. The molecule has 1 aliphatic carbocycles. The van der Waals surface area contributed by atoms with Crippen LogP contribution in [0.4, 0.5) is 11.8 Å². The SMILES string of the molecule is CC(=O)c1c(C)c2cnc(Nc3ccc(C(=O)N4CC[C@@H](N5CCCC5)C4)cn3)nc2n(C2CCCC2)c1=O. The second kappa shape index (κ2) is 10.5. The van der Waals surface area contributed by atoms with Crippen LogP contribution in [0.5, 0.6) is 0 Å². The molecule has 1 amide bonds. The van der Waals surface area contributed by atoms with Crippen molar-refractivity contribution in [3.63, 3.8) is 0 Å². The lowest BCUT2D eigenvalue weighted by Crippen LogP contribution is -2.37. The molecule has 0 bridgehead atoms. The summed E-state index contributed by atoms with van der Waals surface area (Å²) in [5.74, 6) is 0.583. The Morgan fingerprint density at radius 1 is 0.949 bits per heavy atom. The highest BCUT2D eigenvalue weighted by Crippen LogP contribution is 2.32. The van der Waals surface area contributed by atoms with Gasteiger partial charge in [0.15, 0.2) is 5.78 Å². The van der Waals surface area contributed by atoms with Crippen LogP contribution in [0.1, 0.15) is 84.2 Å². The average Bonchev–Trinajstić information content (AvgIpc) is 3.72. The van der Waals surface area contributed by atoms with Crippen LogP contribution in [0.3, 0.4) is 0 Å². The number of fused-ring (bicyclic) bond motifs is 1. The first-order valence-electron chi connectivity index (χ1n) is 14.1.